The van der Waals surface area contributed by atoms with Crippen LogP contribution in [0.3, 0.4) is 0 Å². The zero-order valence-corrected chi connectivity index (χ0v) is 10.5. The summed E-state index contributed by atoms with van der Waals surface area (Å²) < 4.78 is 6.61. The van der Waals surface area contributed by atoms with Crippen molar-refractivity contribution in [3.8, 4) is 0 Å². The van der Waals surface area contributed by atoms with Gasteiger partial charge < -0.3 is 4.74 Å². The lowest BCUT2D eigenvalue weighted by molar-refractivity contribution is 0.0979. The van der Waals surface area contributed by atoms with Gasteiger partial charge in [-0.3, -0.25) is 0 Å². The van der Waals surface area contributed by atoms with Crippen molar-refractivity contribution in [1.82, 2.24) is 0 Å². The van der Waals surface area contributed by atoms with Gasteiger partial charge in [-0.2, -0.15) is 0 Å². The standard InChI is InChI=1S/C11H14BrClO/c1-9(6-13)7-14-8-10-2-4-11(12)5-3-10/h2-5,9H,6-8H2,1H3. The average molecular weight is 278 g/mol. The Balaban J connectivity index is 2.28. The molecule has 14 heavy (non-hydrogen) atoms. The third-order valence-corrected chi connectivity index (χ3v) is 2.90. The van der Waals surface area contributed by atoms with Gasteiger partial charge in [0.2, 0.25) is 0 Å². The molecule has 78 valence electrons. The molecule has 0 saturated heterocycles. The molecule has 0 aromatic heterocycles. The van der Waals surface area contributed by atoms with Gasteiger partial charge in [0, 0.05) is 10.4 Å². The van der Waals surface area contributed by atoms with Crippen LogP contribution in [0.1, 0.15) is 12.5 Å². The molecule has 0 aliphatic rings. The van der Waals surface area contributed by atoms with E-state index in [1.54, 1.807) is 0 Å². The maximum absolute atomic E-state index is 5.67. The largest absolute Gasteiger partial charge is 0.376 e. The van der Waals surface area contributed by atoms with Gasteiger partial charge in [-0.25, -0.2) is 0 Å². The Labute approximate surface area is 98.5 Å². The molecule has 1 rings (SSSR count). The summed E-state index contributed by atoms with van der Waals surface area (Å²) in [6, 6.07) is 8.14. The van der Waals surface area contributed by atoms with E-state index in [0.29, 0.717) is 18.4 Å². The first-order valence-electron chi connectivity index (χ1n) is 4.60. The van der Waals surface area contributed by atoms with Gasteiger partial charge in [0.25, 0.3) is 0 Å². The van der Waals surface area contributed by atoms with Crippen molar-refractivity contribution in [3.63, 3.8) is 0 Å². The van der Waals surface area contributed by atoms with E-state index in [1.165, 1.54) is 5.56 Å². The molecule has 0 aliphatic heterocycles. The lowest BCUT2D eigenvalue weighted by Crippen LogP contribution is -2.06. The van der Waals surface area contributed by atoms with Crippen LogP contribution in [-0.4, -0.2) is 12.5 Å². The molecule has 1 nitrogen and oxygen atoms in total. The summed E-state index contributed by atoms with van der Waals surface area (Å²) in [7, 11) is 0. The molecule has 0 fully saturated rings. The minimum absolute atomic E-state index is 0.423. The highest BCUT2D eigenvalue weighted by molar-refractivity contribution is 9.10. The number of hydrogen-bond donors (Lipinski definition) is 0. The molecule has 0 spiro atoms. The van der Waals surface area contributed by atoms with Crippen LogP contribution >= 0.6 is 27.5 Å². The highest BCUT2D eigenvalue weighted by Crippen LogP contribution is 2.11. The first kappa shape index (κ1) is 12.0. The van der Waals surface area contributed by atoms with E-state index in [4.69, 9.17) is 16.3 Å². The second-order valence-electron chi connectivity index (χ2n) is 3.40. The Morgan fingerprint density at radius 1 is 1.36 bits per heavy atom. The Bertz CT molecular complexity index is 260. The van der Waals surface area contributed by atoms with E-state index < -0.39 is 0 Å². The predicted octanol–water partition coefficient (Wildman–Crippen LogP) is 3.84. The van der Waals surface area contributed by atoms with Gasteiger partial charge in [0.15, 0.2) is 0 Å². The van der Waals surface area contributed by atoms with Crippen molar-refractivity contribution >= 4 is 27.5 Å². The summed E-state index contributed by atoms with van der Waals surface area (Å²) in [5, 5.41) is 0. The van der Waals surface area contributed by atoms with Gasteiger partial charge in [-0.05, 0) is 23.6 Å². The van der Waals surface area contributed by atoms with E-state index in [-0.39, 0.29) is 0 Å². The first-order valence-corrected chi connectivity index (χ1v) is 5.93. The molecule has 1 unspecified atom stereocenters. The summed E-state index contributed by atoms with van der Waals surface area (Å²) >= 11 is 9.06. The van der Waals surface area contributed by atoms with E-state index >= 15 is 0 Å². The molecule has 0 aliphatic carbocycles. The van der Waals surface area contributed by atoms with Crippen LogP contribution in [0, 0.1) is 5.92 Å². The van der Waals surface area contributed by atoms with Crippen LogP contribution in [0.2, 0.25) is 0 Å². The molecule has 0 bridgehead atoms. The van der Waals surface area contributed by atoms with Gasteiger partial charge in [0.1, 0.15) is 0 Å². The monoisotopic (exact) mass is 276 g/mol. The fourth-order valence-electron chi connectivity index (χ4n) is 1.00. The van der Waals surface area contributed by atoms with Gasteiger partial charge in [-0.15, -0.1) is 11.6 Å². The molecule has 0 radical (unpaired) electrons. The maximum atomic E-state index is 5.67. The lowest BCUT2D eigenvalue weighted by Gasteiger charge is -2.08. The molecular weight excluding hydrogens is 263 g/mol. The zero-order valence-electron chi connectivity index (χ0n) is 8.17. The van der Waals surface area contributed by atoms with Crippen LogP contribution in [0.5, 0.6) is 0 Å². The van der Waals surface area contributed by atoms with Crippen LogP contribution in [0.25, 0.3) is 0 Å². The topological polar surface area (TPSA) is 9.23 Å². The summed E-state index contributed by atoms with van der Waals surface area (Å²) in [5.41, 5.74) is 1.19. The van der Waals surface area contributed by atoms with Crippen molar-refractivity contribution in [2.24, 2.45) is 5.92 Å². The summed E-state index contributed by atoms with van der Waals surface area (Å²) in [4.78, 5) is 0. The maximum Gasteiger partial charge on any atom is 0.0717 e. The van der Waals surface area contributed by atoms with E-state index in [0.717, 1.165) is 11.1 Å². The van der Waals surface area contributed by atoms with Crippen LogP contribution in [0.15, 0.2) is 28.7 Å². The normalized spacial score (nSPS) is 12.8. The first-order chi connectivity index (χ1) is 6.72. The van der Waals surface area contributed by atoms with E-state index in [9.17, 15) is 0 Å². The van der Waals surface area contributed by atoms with Crippen molar-refractivity contribution in [2.75, 3.05) is 12.5 Å². The number of halogens is 2. The zero-order chi connectivity index (χ0) is 10.4. The highest BCUT2D eigenvalue weighted by Gasteiger charge is 1.99. The Kier molecular flexibility index (Phi) is 5.53. The number of alkyl halides is 1. The van der Waals surface area contributed by atoms with Crippen molar-refractivity contribution in [2.45, 2.75) is 13.5 Å². The minimum atomic E-state index is 0.423. The summed E-state index contributed by atoms with van der Waals surface area (Å²) in [6.07, 6.45) is 0. The Hall–Kier alpha value is -0.0500. The van der Waals surface area contributed by atoms with Crippen molar-refractivity contribution < 1.29 is 4.74 Å². The smallest absolute Gasteiger partial charge is 0.0717 e. The number of benzene rings is 1. The van der Waals surface area contributed by atoms with Gasteiger partial charge in [-0.1, -0.05) is 35.0 Å². The third kappa shape index (κ3) is 4.45. The molecule has 0 N–H and O–H groups in total. The summed E-state index contributed by atoms with van der Waals surface area (Å²) in [6.45, 7) is 3.46. The molecule has 0 heterocycles. The predicted molar refractivity (Wildman–Crippen MR) is 63.7 cm³/mol. The molecule has 0 amide bonds. The SMILES string of the molecule is CC(CCl)COCc1ccc(Br)cc1. The van der Waals surface area contributed by atoms with Crippen LogP contribution in [-0.2, 0) is 11.3 Å². The van der Waals surface area contributed by atoms with Crippen LogP contribution in [0.4, 0.5) is 0 Å². The number of ether oxygens (including phenoxy) is 1. The minimum Gasteiger partial charge on any atom is -0.376 e. The fourth-order valence-corrected chi connectivity index (χ4v) is 1.36. The van der Waals surface area contributed by atoms with E-state index in [1.807, 2.05) is 12.1 Å². The quantitative estimate of drug-likeness (QED) is 0.743. The second kappa shape index (κ2) is 6.44. The van der Waals surface area contributed by atoms with Crippen LogP contribution < -0.4 is 0 Å². The molecule has 0 saturated carbocycles. The van der Waals surface area contributed by atoms with E-state index in [2.05, 4.69) is 35.0 Å². The molecule has 1 aromatic carbocycles. The van der Waals surface area contributed by atoms with Gasteiger partial charge >= 0.3 is 0 Å². The number of rotatable bonds is 5. The van der Waals surface area contributed by atoms with Crippen molar-refractivity contribution in [1.29, 1.82) is 0 Å². The molecule has 3 heteroatoms. The van der Waals surface area contributed by atoms with Crippen molar-refractivity contribution in [3.05, 3.63) is 34.3 Å². The lowest BCUT2D eigenvalue weighted by atomic mass is 10.2. The molecular formula is C11H14BrClO. The second-order valence-corrected chi connectivity index (χ2v) is 4.63. The Morgan fingerprint density at radius 3 is 2.57 bits per heavy atom. The third-order valence-electron chi connectivity index (χ3n) is 1.85. The number of hydrogen-bond acceptors (Lipinski definition) is 1. The average Bonchev–Trinajstić information content (AvgIpc) is 2.21. The summed E-state index contributed by atoms with van der Waals surface area (Å²) in [5.74, 6) is 1.08. The van der Waals surface area contributed by atoms with Gasteiger partial charge in [0.05, 0.1) is 13.2 Å². The fraction of sp³-hybridized carbons (Fsp3) is 0.455. The highest BCUT2D eigenvalue weighted by atomic mass is 79.9. The molecule has 1 atom stereocenters. The Morgan fingerprint density at radius 2 is 2.00 bits per heavy atom. The molecule has 1 aromatic rings.